The second kappa shape index (κ2) is 4.67. The lowest BCUT2D eigenvalue weighted by Crippen LogP contribution is -2.00. The van der Waals surface area contributed by atoms with Crippen molar-refractivity contribution in [1.82, 2.24) is 0 Å². The number of carbonyl (C=O) groups is 2. The van der Waals surface area contributed by atoms with E-state index < -0.39 is 11.9 Å². The highest BCUT2D eigenvalue weighted by Crippen LogP contribution is 2.25. The first-order chi connectivity index (χ1) is 9.66. The van der Waals surface area contributed by atoms with Crippen molar-refractivity contribution in [2.75, 3.05) is 0 Å². The summed E-state index contributed by atoms with van der Waals surface area (Å²) in [6.07, 6.45) is 0. The molecule has 3 heteroatoms. The summed E-state index contributed by atoms with van der Waals surface area (Å²) in [5.74, 6) is 4.75. The van der Waals surface area contributed by atoms with Crippen molar-refractivity contribution in [2.45, 2.75) is 6.92 Å². The van der Waals surface area contributed by atoms with Gasteiger partial charge in [0.2, 0.25) is 0 Å². The third-order valence-corrected chi connectivity index (χ3v) is 3.13. The van der Waals surface area contributed by atoms with Crippen LogP contribution >= 0.6 is 0 Å². The fourth-order valence-corrected chi connectivity index (χ4v) is 2.10. The van der Waals surface area contributed by atoms with E-state index >= 15 is 0 Å². The smallest absolute Gasteiger partial charge is 0.348 e. The first kappa shape index (κ1) is 12.2. The first-order valence-electron chi connectivity index (χ1n) is 6.14. The second-order valence-electron chi connectivity index (χ2n) is 4.47. The van der Waals surface area contributed by atoms with Crippen LogP contribution in [0.1, 0.15) is 37.4 Å². The number of esters is 2. The van der Waals surface area contributed by atoms with E-state index in [-0.39, 0.29) is 11.1 Å². The molecule has 0 amide bonds. The van der Waals surface area contributed by atoms with Gasteiger partial charge >= 0.3 is 11.9 Å². The molecule has 0 spiro atoms. The Morgan fingerprint density at radius 1 is 0.900 bits per heavy atom. The number of benzene rings is 2. The van der Waals surface area contributed by atoms with Gasteiger partial charge in [-0.25, -0.2) is 9.59 Å². The van der Waals surface area contributed by atoms with E-state index in [1.54, 1.807) is 12.1 Å². The second-order valence-corrected chi connectivity index (χ2v) is 4.47. The summed E-state index contributed by atoms with van der Waals surface area (Å²) in [6, 6.07) is 12.8. The molecule has 1 aliphatic rings. The number of rotatable bonds is 0. The van der Waals surface area contributed by atoms with Crippen molar-refractivity contribution in [1.29, 1.82) is 0 Å². The standard InChI is InChI=1S/C17H10O3/c1-11-7-9-14-15(17(19)20-16(14)18)13(11)10-8-12-5-3-2-4-6-12/h2-7,9H,1H3. The molecule has 3 rings (SSSR count). The topological polar surface area (TPSA) is 43.4 Å². The molecule has 0 radical (unpaired) electrons. The van der Waals surface area contributed by atoms with E-state index in [1.165, 1.54) is 0 Å². The summed E-state index contributed by atoms with van der Waals surface area (Å²) in [6.45, 7) is 1.85. The molecule has 0 atom stereocenters. The number of carbonyl (C=O) groups excluding carboxylic acids is 2. The molecule has 0 aromatic heterocycles. The third kappa shape index (κ3) is 1.98. The van der Waals surface area contributed by atoms with Crippen LogP contribution in [0.2, 0.25) is 0 Å². The normalized spacial score (nSPS) is 12.4. The molecule has 20 heavy (non-hydrogen) atoms. The monoisotopic (exact) mass is 262 g/mol. The summed E-state index contributed by atoms with van der Waals surface area (Å²) < 4.78 is 4.63. The van der Waals surface area contributed by atoms with Crippen LogP contribution in [0.25, 0.3) is 0 Å². The number of fused-ring (bicyclic) bond motifs is 1. The Hall–Kier alpha value is -2.86. The molecular formula is C17H10O3. The average Bonchev–Trinajstić information content (AvgIpc) is 2.74. The molecule has 1 aliphatic heterocycles. The number of ether oxygens (including phenoxy) is 1. The van der Waals surface area contributed by atoms with Crippen LogP contribution in [-0.2, 0) is 4.74 Å². The summed E-state index contributed by atoms with van der Waals surface area (Å²) in [5.41, 5.74) is 2.82. The highest BCUT2D eigenvalue weighted by Gasteiger charge is 2.32. The molecule has 0 unspecified atom stereocenters. The van der Waals surface area contributed by atoms with Crippen LogP contribution in [0.3, 0.4) is 0 Å². The molecule has 0 bridgehead atoms. The maximum Gasteiger partial charge on any atom is 0.348 e. The van der Waals surface area contributed by atoms with Gasteiger partial charge < -0.3 is 4.74 Å². The van der Waals surface area contributed by atoms with Gasteiger partial charge in [0.1, 0.15) is 0 Å². The predicted octanol–water partition coefficient (Wildman–Crippen LogP) is 2.71. The summed E-state index contributed by atoms with van der Waals surface area (Å²) in [5, 5.41) is 0. The van der Waals surface area contributed by atoms with Crippen LogP contribution in [0.4, 0.5) is 0 Å². The van der Waals surface area contributed by atoms with Gasteiger partial charge in [0.15, 0.2) is 0 Å². The molecule has 1 heterocycles. The predicted molar refractivity (Wildman–Crippen MR) is 73.3 cm³/mol. The fraction of sp³-hybridized carbons (Fsp3) is 0.0588. The van der Waals surface area contributed by atoms with Crippen molar-refractivity contribution >= 4 is 11.9 Å². The van der Waals surface area contributed by atoms with Crippen LogP contribution < -0.4 is 0 Å². The Kier molecular flexibility index (Phi) is 2.85. The van der Waals surface area contributed by atoms with Gasteiger partial charge in [-0.15, -0.1) is 0 Å². The van der Waals surface area contributed by atoms with Crippen LogP contribution in [0.15, 0.2) is 42.5 Å². The molecule has 0 N–H and O–H groups in total. The van der Waals surface area contributed by atoms with Crippen molar-refractivity contribution in [3.63, 3.8) is 0 Å². The molecule has 0 saturated carbocycles. The lowest BCUT2D eigenvalue weighted by Gasteiger charge is -2.01. The summed E-state index contributed by atoms with van der Waals surface area (Å²) >= 11 is 0. The lowest BCUT2D eigenvalue weighted by atomic mass is 9.98. The molecule has 2 aromatic rings. The van der Waals surface area contributed by atoms with Crippen molar-refractivity contribution in [2.24, 2.45) is 0 Å². The Bertz CT molecular complexity index is 777. The molecule has 0 fully saturated rings. The largest absolute Gasteiger partial charge is 0.386 e. The van der Waals surface area contributed by atoms with Gasteiger partial charge in [0.05, 0.1) is 11.1 Å². The maximum absolute atomic E-state index is 11.7. The maximum atomic E-state index is 11.7. The van der Waals surface area contributed by atoms with E-state index in [0.29, 0.717) is 5.56 Å². The zero-order valence-corrected chi connectivity index (χ0v) is 10.8. The Balaban J connectivity index is 2.14. The van der Waals surface area contributed by atoms with Crippen molar-refractivity contribution < 1.29 is 14.3 Å². The lowest BCUT2D eigenvalue weighted by molar-refractivity contribution is 0.0443. The highest BCUT2D eigenvalue weighted by molar-refractivity contribution is 6.16. The zero-order chi connectivity index (χ0) is 14.1. The Labute approximate surface area is 116 Å². The number of aryl methyl sites for hydroxylation is 1. The Morgan fingerprint density at radius 3 is 2.40 bits per heavy atom. The molecule has 3 nitrogen and oxygen atoms in total. The number of cyclic esters (lactones) is 2. The Morgan fingerprint density at radius 2 is 1.65 bits per heavy atom. The SMILES string of the molecule is Cc1ccc2c(c1C#Cc1ccccc1)C(=O)OC2=O. The van der Waals surface area contributed by atoms with E-state index in [0.717, 1.165) is 11.1 Å². The molecular weight excluding hydrogens is 252 g/mol. The van der Waals surface area contributed by atoms with Gasteiger partial charge in [-0.1, -0.05) is 36.1 Å². The van der Waals surface area contributed by atoms with Gasteiger partial charge in [0, 0.05) is 11.1 Å². The molecule has 96 valence electrons. The molecule has 0 aliphatic carbocycles. The van der Waals surface area contributed by atoms with Crippen LogP contribution in [0, 0.1) is 18.8 Å². The van der Waals surface area contributed by atoms with Gasteiger partial charge in [0.25, 0.3) is 0 Å². The van der Waals surface area contributed by atoms with Gasteiger partial charge in [-0.05, 0) is 30.7 Å². The minimum absolute atomic E-state index is 0.276. The van der Waals surface area contributed by atoms with Crippen molar-refractivity contribution in [3.8, 4) is 11.8 Å². The molecule has 2 aromatic carbocycles. The number of hydrogen-bond acceptors (Lipinski definition) is 3. The van der Waals surface area contributed by atoms with E-state index in [2.05, 4.69) is 16.6 Å². The van der Waals surface area contributed by atoms with Gasteiger partial charge in [-0.2, -0.15) is 0 Å². The van der Waals surface area contributed by atoms with Crippen LogP contribution in [0.5, 0.6) is 0 Å². The minimum Gasteiger partial charge on any atom is -0.386 e. The minimum atomic E-state index is -0.619. The van der Waals surface area contributed by atoms with E-state index in [9.17, 15) is 9.59 Å². The quantitative estimate of drug-likeness (QED) is 0.416. The first-order valence-corrected chi connectivity index (χ1v) is 6.14. The fourth-order valence-electron chi connectivity index (χ4n) is 2.10. The van der Waals surface area contributed by atoms with Crippen molar-refractivity contribution in [3.05, 3.63) is 70.3 Å². The van der Waals surface area contributed by atoms with Crippen LogP contribution in [-0.4, -0.2) is 11.9 Å². The van der Waals surface area contributed by atoms with E-state index in [4.69, 9.17) is 0 Å². The zero-order valence-electron chi connectivity index (χ0n) is 10.8. The number of hydrogen-bond donors (Lipinski definition) is 0. The molecule has 0 saturated heterocycles. The summed E-state index contributed by atoms with van der Waals surface area (Å²) in [7, 11) is 0. The highest BCUT2D eigenvalue weighted by atomic mass is 16.6. The third-order valence-electron chi connectivity index (χ3n) is 3.13. The van der Waals surface area contributed by atoms with Gasteiger partial charge in [-0.3, -0.25) is 0 Å². The van der Waals surface area contributed by atoms with E-state index in [1.807, 2.05) is 37.3 Å². The average molecular weight is 262 g/mol. The summed E-state index contributed by atoms with van der Waals surface area (Å²) in [4.78, 5) is 23.3.